The molecule has 0 unspecified atom stereocenters. The molecule has 0 amide bonds. The highest BCUT2D eigenvalue weighted by Gasteiger charge is 2.14. The van der Waals surface area contributed by atoms with Crippen LogP contribution in [-0.4, -0.2) is 9.55 Å². The average Bonchev–Trinajstić information content (AvgIpc) is 2.44. The van der Waals surface area contributed by atoms with E-state index in [4.69, 9.17) is 0 Å². The van der Waals surface area contributed by atoms with Gasteiger partial charge in [0.15, 0.2) is 0 Å². The van der Waals surface area contributed by atoms with Crippen molar-refractivity contribution < 1.29 is 0 Å². The Morgan fingerprint density at radius 1 is 1.53 bits per heavy atom. The Hall–Kier alpha value is -0.680. The quantitative estimate of drug-likeness (QED) is 0.807. The van der Waals surface area contributed by atoms with Gasteiger partial charge in [-0.05, 0) is 42.3 Å². The van der Waals surface area contributed by atoms with Crippen molar-refractivity contribution in [3.05, 3.63) is 26.0 Å². The Bertz CT molecular complexity index is 571. The molecule has 15 heavy (non-hydrogen) atoms. The number of rotatable bonds is 1. The fraction of sp³-hybridized carbons (Fsp3) is 0.400. The molecular weight excluding hydrogens is 276 g/mol. The highest BCUT2D eigenvalue weighted by molar-refractivity contribution is 9.11. The zero-order valence-electron chi connectivity index (χ0n) is 8.74. The Morgan fingerprint density at radius 3 is 2.80 bits per heavy atom. The molecule has 5 heteroatoms. The normalized spacial score (nSPS) is 11.5. The summed E-state index contributed by atoms with van der Waals surface area (Å²) >= 11 is 5.05. The van der Waals surface area contributed by atoms with Crippen LogP contribution in [0.1, 0.15) is 25.5 Å². The van der Waals surface area contributed by atoms with Gasteiger partial charge < -0.3 is 4.57 Å². The van der Waals surface area contributed by atoms with Gasteiger partial charge in [-0.3, -0.25) is 4.79 Å². The van der Waals surface area contributed by atoms with Gasteiger partial charge in [-0.15, -0.1) is 11.3 Å². The number of thiophene rings is 1. The third kappa shape index (κ3) is 1.63. The van der Waals surface area contributed by atoms with Crippen LogP contribution >= 0.6 is 27.3 Å². The SMILES string of the molecule is Cc1c(Br)sc2c1c(=O)ncn2C(C)C. The molecule has 0 aliphatic carbocycles. The van der Waals surface area contributed by atoms with Gasteiger partial charge in [0.1, 0.15) is 11.2 Å². The van der Waals surface area contributed by atoms with Crippen molar-refractivity contribution in [2.24, 2.45) is 0 Å². The first-order valence-corrected chi connectivity index (χ1v) is 6.29. The summed E-state index contributed by atoms with van der Waals surface area (Å²) in [6.07, 6.45) is 1.62. The Morgan fingerprint density at radius 2 is 2.20 bits per heavy atom. The van der Waals surface area contributed by atoms with Gasteiger partial charge in [-0.1, -0.05) is 0 Å². The first-order valence-electron chi connectivity index (χ1n) is 4.68. The van der Waals surface area contributed by atoms with Gasteiger partial charge >= 0.3 is 0 Å². The molecule has 0 aliphatic heterocycles. The van der Waals surface area contributed by atoms with E-state index in [-0.39, 0.29) is 5.56 Å². The van der Waals surface area contributed by atoms with Crippen molar-refractivity contribution in [2.75, 3.05) is 0 Å². The molecule has 3 nitrogen and oxygen atoms in total. The van der Waals surface area contributed by atoms with Crippen LogP contribution < -0.4 is 5.56 Å². The number of nitrogens with zero attached hydrogens (tertiary/aromatic N) is 2. The van der Waals surface area contributed by atoms with Crippen molar-refractivity contribution in [3.8, 4) is 0 Å². The molecule has 2 aromatic rings. The lowest BCUT2D eigenvalue weighted by atomic mass is 10.2. The Labute approximate surface area is 99.9 Å². The first-order chi connectivity index (χ1) is 7.02. The molecule has 0 N–H and O–H groups in total. The third-order valence-electron chi connectivity index (χ3n) is 2.37. The molecule has 0 spiro atoms. The molecular formula is C10H11BrN2OS. The number of hydrogen-bond acceptors (Lipinski definition) is 3. The molecule has 0 saturated carbocycles. The smallest absolute Gasteiger partial charge is 0.281 e. The molecule has 2 rings (SSSR count). The number of aromatic nitrogens is 2. The second kappa shape index (κ2) is 3.72. The summed E-state index contributed by atoms with van der Waals surface area (Å²) in [5, 5.41) is 0.739. The molecule has 80 valence electrons. The molecule has 0 aliphatic rings. The predicted octanol–water partition coefficient (Wildman–Crippen LogP) is 3.11. The minimum atomic E-state index is -0.138. The Balaban J connectivity index is 2.95. The molecule has 2 aromatic heterocycles. The minimum Gasteiger partial charge on any atom is -0.321 e. The van der Waals surface area contributed by atoms with Gasteiger partial charge in [0.25, 0.3) is 5.56 Å². The van der Waals surface area contributed by atoms with Crippen LogP contribution in [0.2, 0.25) is 0 Å². The molecule has 0 saturated heterocycles. The van der Waals surface area contributed by atoms with E-state index in [0.717, 1.165) is 19.6 Å². The minimum absolute atomic E-state index is 0.138. The van der Waals surface area contributed by atoms with Gasteiger partial charge in [-0.25, -0.2) is 0 Å². The topological polar surface area (TPSA) is 34.9 Å². The molecule has 0 atom stereocenters. The summed E-state index contributed by atoms with van der Waals surface area (Å²) in [7, 11) is 0. The second-order valence-corrected chi connectivity index (χ2v) is 6.05. The lowest BCUT2D eigenvalue weighted by Crippen LogP contribution is -2.12. The third-order valence-corrected chi connectivity index (χ3v) is 4.55. The van der Waals surface area contributed by atoms with Crippen LogP contribution in [-0.2, 0) is 0 Å². The van der Waals surface area contributed by atoms with Crippen molar-refractivity contribution in [2.45, 2.75) is 26.8 Å². The lowest BCUT2D eigenvalue weighted by molar-refractivity contribution is 0.610. The summed E-state index contributed by atoms with van der Waals surface area (Å²) in [4.78, 5) is 16.5. The highest BCUT2D eigenvalue weighted by atomic mass is 79.9. The van der Waals surface area contributed by atoms with E-state index in [0.29, 0.717) is 6.04 Å². The number of aryl methyl sites for hydroxylation is 1. The van der Waals surface area contributed by atoms with Crippen molar-refractivity contribution >= 4 is 37.5 Å². The number of halogens is 1. The van der Waals surface area contributed by atoms with Crippen molar-refractivity contribution in [1.29, 1.82) is 0 Å². The maximum Gasteiger partial charge on any atom is 0.281 e. The zero-order valence-corrected chi connectivity index (χ0v) is 11.1. The standard InChI is InChI=1S/C10H11BrN2OS/c1-5(2)13-4-12-9(14)7-6(3)8(11)15-10(7)13/h4-5H,1-3H3. The van der Waals surface area contributed by atoms with E-state index in [1.54, 1.807) is 17.7 Å². The predicted molar refractivity (Wildman–Crippen MR) is 66.7 cm³/mol. The van der Waals surface area contributed by atoms with Crippen molar-refractivity contribution in [3.63, 3.8) is 0 Å². The van der Waals surface area contributed by atoms with E-state index in [9.17, 15) is 4.79 Å². The molecule has 0 fully saturated rings. The van der Waals surface area contributed by atoms with E-state index < -0.39 is 0 Å². The average molecular weight is 287 g/mol. The van der Waals surface area contributed by atoms with Gasteiger partial charge in [-0.2, -0.15) is 4.98 Å². The maximum absolute atomic E-state index is 11.6. The lowest BCUT2D eigenvalue weighted by Gasteiger charge is -2.10. The monoisotopic (exact) mass is 286 g/mol. The fourth-order valence-corrected chi connectivity index (χ4v) is 3.29. The summed E-state index contributed by atoms with van der Waals surface area (Å²) in [5.41, 5.74) is 0.851. The van der Waals surface area contributed by atoms with Crippen LogP contribution in [0.5, 0.6) is 0 Å². The van der Waals surface area contributed by atoms with Crippen molar-refractivity contribution in [1.82, 2.24) is 9.55 Å². The van der Waals surface area contributed by atoms with Crippen LogP contribution in [0, 0.1) is 6.92 Å². The molecule has 0 radical (unpaired) electrons. The maximum atomic E-state index is 11.6. The first kappa shape index (κ1) is 10.8. The summed E-state index contributed by atoms with van der Waals surface area (Å²) in [6.45, 7) is 6.10. The van der Waals surface area contributed by atoms with Gasteiger partial charge in [0.2, 0.25) is 0 Å². The van der Waals surface area contributed by atoms with Crippen LogP contribution in [0.25, 0.3) is 10.2 Å². The van der Waals surface area contributed by atoms with E-state index in [2.05, 4.69) is 34.8 Å². The fourth-order valence-electron chi connectivity index (χ4n) is 1.50. The second-order valence-electron chi connectivity index (χ2n) is 3.73. The van der Waals surface area contributed by atoms with Gasteiger partial charge in [0.05, 0.1) is 9.17 Å². The van der Waals surface area contributed by atoms with Gasteiger partial charge in [0, 0.05) is 6.04 Å². The van der Waals surface area contributed by atoms with E-state index in [1.807, 2.05) is 11.5 Å². The molecule has 2 heterocycles. The summed E-state index contributed by atoms with van der Waals surface area (Å²) < 4.78 is 3.04. The largest absolute Gasteiger partial charge is 0.321 e. The van der Waals surface area contributed by atoms with E-state index in [1.165, 1.54) is 0 Å². The Kier molecular flexibility index (Phi) is 2.68. The summed E-state index contributed by atoms with van der Waals surface area (Å²) in [5.74, 6) is 0. The van der Waals surface area contributed by atoms with Crippen LogP contribution in [0.3, 0.4) is 0 Å². The molecule has 0 bridgehead atoms. The number of hydrogen-bond donors (Lipinski definition) is 0. The van der Waals surface area contributed by atoms with E-state index >= 15 is 0 Å². The van der Waals surface area contributed by atoms with Crippen LogP contribution in [0.15, 0.2) is 14.9 Å². The molecule has 0 aromatic carbocycles. The summed E-state index contributed by atoms with van der Waals surface area (Å²) in [6, 6.07) is 0.311. The number of fused-ring (bicyclic) bond motifs is 1. The van der Waals surface area contributed by atoms with Crippen LogP contribution in [0.4, 0.5) is 0 Å². The highest BCUT2D eigenvalue weighted by Crippen LogP contribution is 2.33. The zero-order chi connectivity index (χ0) is 11.2.